The summed E-state index contributed by atoms with van der Waals surface area (Å²) in [4.78, 5) is 26.4. The van der Waals surface area contributed by atoms with Crippen LogP contribution in [0.2, 0.25) is 0 Å². The number of piperazine rings is 1. The fourth-order valence-electron chi connectivity index (χ4n) is 3.01. The second kappa shape index (κ2) is 10.1. The number of sulfonamides is 1. The van der Waals surface area contributed by atoms with Crippen LogP contribution in [0.4, 0.5) is 5.69 Å². The van der Waals surface area contributed by atoms with Crippen LogP contribution in [0.25, 0.3) is 0 Å². The fourth-order valence-corrected chi connectivity index (χ4v) is 4.34. The lowest BCUT2D eigenvalue weighted by molar-refractivity contribution is 0.0499. The molecule has 31 heavy (non-hydrogen) atoms. The molecule has 0 bridgehead atoms. The molecule has 2 aromatic rings. The fraction of sp³-hybridized carbons (Fsp3) is 0.429. The van der Waals surface area contributed by atoms with Gasteiger partial charge in [-0.05, 0) is 49.9 Å². The van der Waals surface area contributed by atoms with Gasteiger partial charge in [-0.2, -0.15) is 4.31 Å². The van der Waals surface area contributed by atoms with E-state index >= 15 is 0 Å². The minimum absolute atomic E-state index is 0.115. The van der Waals surface area contributed by atoms with Gasteiger partial charge in [0.15, 0.2) is 5.76 Å². The van der Waals surface area contributed by atoms with Gasteiger partial charge in [0.25, 0.3) is 15.9 Å². The highest BCUT2D eigenvalue weighted by Gasteiger charge is 2.30. The molecule has 10 heteroatoms. The summed E-state index contributed by atoms with van der Waals surface area (Å²) in [5.74, 6) is -1.12. The number of likely N-dealkylation sites (N-methyl/N-ethyl adjacent to an activating group) is 1. The summed E-state index contributed by atoms with van der Waals surface area (Å²) in [7, 11) is -1.86. The number of nitrogens with one attached hydrogen (secondary N) is 1. The Balaban J connectivity index is 1.61. The number of carbonyl (C=O) groups excluding carboxylic acids is 2. The van der Waals surface area contributed by atoms with Crippen molar-refractivity contribution >= 4 is 27.6 Å². The molecule has 0 aliphatic carbocycles. The lowest BCUT2D eigenvalue weighted by atomic mass is 10.2. The highest BCUT2D eigenvalue weighted by molar-refractivity contribution is 7.89. The second-order valence-electron chi connectivity index (χ2n) is 7.35. The van der Waals surface area contributed by atoms with Gasteiger partial charge in [0.05, 0.1) is 12.2 Å². The molecule has 0 spiro atoms. The van der Waals surface area contributed by atoms with Gasteiger partial charge in [-0.15, -0.1) is 0 Å². The molecule has 1 fully saturated rings. The lowest BCUT2D eigenvalue weighted by Gasteiger charge is -2.30. The van der Waals surface area contributed by atoms with Crippen molar-refractivity contribution in [2.24, 2.45) is 0 Å². The van der Waals surface area contributed by atoms with E-state index in [9.17, 15) is 18.0 Å². The van der Waals surface area contributed by atoms with Gasteiger partial charge in [0, 0.05) is 31.9 Å². The number of hydrogen-bond acceptors (Lipinski definition) is 7. The first-order valence-electron chi connectivity index (χ1n) is 10.2. The van der Waals surface area contributed by atoms with Crippen molar-refractivity contribution < 1.29 is 27.2 Å². The molecule has 9 nitrogen and oxygen atoms in total. The van der Waals surface area contributed by atoms with Crippen LogP contribution in [0.3, 0.4) is 0 Å². The van der Waals surface area contributed by atoms with E-state index in [0.717, 1.165) is 12.8 Å². The average molecular weight is 450 g/mol. The number of ether oxygens (including phenoxy) is 1. The SMILES string of the molecule is CCCCOC(=O)c1ccc(NC(=O)c2ccc(S(=O)(=O)N3CCN(C)CC3)o2)cc1. The molecule has 1 aliphatic rings. The first-order valence-corrected chi connectivity index (χ1v) is 11.6. The first kappa shape index (κ1) is 23.0. The molecule has 168 valence electrons. The minimum atomic E-state index is -3.79. The molecular weight excluding hydrogens is 422 g/mol. The molecule has 1 amide bonds. The summed E-state index contributed by atoms with van der Waals surface area (Å²) in [6.45, 7) is 4.38. The Morgan fingerprint density at radius 3 is 2.39 bits per heavy atom. The monoisotopic (exact) mass is 449 g/mol. The largest absolute Gasteiger partial charge is 0.462 e. The maximum absolute atomic E-state index is 12.7. The average Bonchev–Trinajstić information content (AvgIpc) is 3.26. The molecule has 1 aromatic heterocycles. The summed E-state index contributed by atoms with van der Waals surface area (Å²) in [5, 5.41) is 2.37. The zero-order chi connectivity index (χ0) is 22.4. The smallest absolute Gasteiger partial charge is 0.338 e. The number of carbonyl (C=O) groups is 2. The van der Waals surface area contributed by atoms with Crippen molar-refractivity contribution in [2.45, 2.75) is 24.9 Å². The normalized spacial score (nSPS) is 15.5. The van der Waals surface area contributed by atoms with E-state index < -0.39 is 21.9 Å². The van der Waals surface area contributed by atoms with Crippen molar-refractivity contribution in [3.63, 3.8) is 0 Å². The predicted octanol–water partition coefficient (Wildman–Crippen LogP) is 2.42. The molecule has 1 aliphatic heterocycles. The van der Waals surface area contributed by atoms with Crippen LogP contribution in [0, 0.1) is 0 Å². The molecule has 1 saturated heterocycles. The Labute approximate surface area is 182 Å². The van der Waals surface area contributed by atoms with Gasteiger partial charge < -0.3 is 19.4 Å². The van der Waals surface area contributed by atoms with Crippen molar-refractivity contribution in [3.05, 3.63) is 47.7 Å². The summed E-state index contributed by atoms with van der Waals surface area (Å²) in [6, 6.07) is 8.86. The standard InChI is InChI=1S/C21H27N3O6S/c1-3-4-15-29-21(26)16-5-7-17(8-6-16)22-20(25)18-9-10-19(30-18)31(27,28)24-13-11-23(2)12-14-24/h5-10H,3-4,11-15H2,1-2H3,(H,22,25). The molecule has 2 heterocycles. The van der Waals surface area contributed by atoms with Crippen LogP contribution in [0.1, 0.15) is 40.7 Å². The van der Waals surface area contributed by atoms with Crippen LogP contribution in [-0.2, 0) is 14.8 Å². The van der Waals surface area contributed by atoms with Gasteiger partial charge in [-0.3, -0.25) is 4.79 Å². The highest BCUT2D eigenvalue weighted by Crippen LogP contribution is 2.21. The Kier molecular flexibility index (Phi) is 7.47. The van der Waals surface area contributed by atoms with Crippen LogP contribution < -0.4 is 5.32 Å². The molecule has 1 N–H and O–H groups in total. The van der Waals surface area contributed by atoms with Crippen molar-refractivity contribution in [2.75, 3.05) is 45.2 Å². The van der Waals surface area contributed by atoms with E-state index in [2.05, 4.69) is 5.32 Å². The Hall–Kier alpha value is -2.69. The maximum Gasteiger partial charge on any atom is 0.338 e. The third kappa shape index (κ3) is 5.72. The Morgan fingerprint density at radius 2 is 1.74 bits per heavy atom. The van der Waals surface area contributed by atoms with Crippen LogP contribution >= 0.6 is 0 Å². The zero-order valence-corrected chi connectivity index (χ0v) is 18.5. The van der Waals surface area contributed by atoms with Crippen molar-refractivity contribution in [3.8, 4) is 0 Å². The number of benzene rings is 1. The number of amides is 1. The zero-order valence-electron chi connectivity index (χ0n) is 17.7. The summed E-state index contributed by atoms with van der Waals surface area (Å²) < 4.78 is 37.3. The van der Waals surface area contributed by atoms with Crippen molar-refractivity contribution in [1.82, 2.24) is 9.21 Å². The van der Waals surface area contributed by atoms with E-state index in [-0.39, 0.29) is 10.9 Å². The van der Waals surface area contributed by atoms with Gasteiger partial charge in [-0.25, -0.2) is 13.2 Å². The number of unbranched alkanes of at least 4 members (excludes halogenated alkanes) is 1. The van der Waals surface area contributed by atoms with Gasteiger partial charge in [0.2, 0.25) is 5.09 Å². The third-order valence-electron chi connectivity index (χ3n) is 4.97. The summed E-state index contributed by atoms with van der Waals surface area (Å²) in [5.41, 5.74) is 0.822. The van der Waals surface area contributed by atoms with Gasteiger partial charge in [-0.1, -0.05) is 13.3 Å². The second-order valence-corrected chi connectivity index (χ2v) is 9.22. The number of furan rings is 1. The molecule has 3 rings (SSSR count). The number of rotatable bonds is 8. The minimum Gasteiger partial charge on any atom is -0.462 e. The van der Waals surface area contributed by atoms with Gasteiger partial charge in [0.1, 0.15) is 0 Å². The number of nitrogens with zero attached hydrogens (tertiary/aromatic N) is 2. The highest BCUT2D eigenvalue weighted by atomic mass is 32.2. The third-order valence-corrected chi connectivity index (χ3v) is 6.74. The van der Waals surface area contributed by atoms with E-state index in [1.165, 1.54) is 16.4 Å². The lowest BCUT2D eigenvalue weighted by Crippen LogP contribution is -2.46. The van der Waals surface area contributed by atoms with E-state index in [1.54, 1.807) is 24.3 Å². The molecule has 0 radical (unpaired) electrons. The number of anilines is 1. The number of hydrogen-bond donors (Lipinski definition) is 1. The molecule has 0 unspecified atom stereocenters. The topological polar surface area (TPSA) is 109 Å². The Bertz CT molecular complexity index is 1010. The number of esters is 1. The predicted molar refractivity (Wildman–Crippen MR) is 115 cm³/mol. The molecule has 1 aromatic carbocycles. The maximum atomic E-state index is 12.7. The van der Waals surface area contributed by atoms with E-state index in [1.807, 2.05) is 18.9 Å². The van der Waals surface area contributed by atoms with Crippen LogP contribution in [-0.4, -0.2) is 69.3 Å². The van der Waals surface area contributed by atoms with Crippen LogP contribution in [0.5, 0.6) is 0 Å². The quantitative estimate of drug-likeness (QED) is 0.487. The summed E-state index contributed by atoms with van der Waals surface area (Å²) >= 11 is 0. The first-order chi connectivity index (χ1) is 14.8. The molecular formula is C21H27N3O6S. The molecule has 0 atom stereocenters. The summed E-state index contributed by atoms with van der Waals surface area (Å²) in [6.07, 6.45) is 1.74. The van der Waals surface area contributed by atoms with Gasteiger partial charge >= 0.3 is 5.97 Å². The Morgan fingerprint density at radius 1 is 1.06 bits per heavy atom. The van der Waals surface area contributed by atoms with Crippen molar-refractivity contribution in [1.29, 1.82) is 0 Å². The van der Waals surface area contributed by atoms with E-state index in [0.29, 0.717) is 44.0 Å². The molecule has 0 saturated carbocycles. The van der Waals surface area contributed by atoms with E-state index in [4.69, 9.17) is 9.15 Å². The van der Waals surface area contributed by atoms with Crippen LogP contribution in [0.15, 0.2) is 45.9 Å².